The number of aryl methyl sites for hydroxylation is 1. The third-order valence-electron chi connectivity index (χ3n) is 7.07. The molecule has 3 aromatic carbocycles. The van der Waals surface area contributed by atoms with E-state index in [2.05, 4.69) is 15.2 Å². The maximum Gasteiger partial charge on any atom is 0.326 e. The third kappa shape index (κ3) is 5.21. The van der Waals surface area contributed by atoms with E-state index < -0.39 is 0 Å². The largest absolute Gasteiger partial charge is 0.326 e. The Morgan fingerprint density at radius 2 is 1.46 bits per heavy atom. The summed E-state index contributed by atoms with van der Waals surface area (Å²) in [5.74, 6) is -0.492. The van der Waals surface area contributed by atoms with E-state index in [1.165, 1.54) is 24.3 Å². The maximum absolute atomic E-state index is 13.6. The van der Waals surface area contributed by atoms with Gasteiger partial charge >= 0.3 is 5.69 Å². The fourth-order valence-electron chi connectivity index (χ4n) is 5.36. The lowest BCUT2D eigenvalue weighted by Crippen LogP contribution is -2.63. The summed E-state index contributed by atoms with van der Waals surface area (Å²) >= 11 is 0. The van der Waals surface area contributed by atoms with Crippen molar-refractivity contribution >= 4 is 11.0 Å². The molecule has 2 heterocycles. The minimum atomic E-state index is -0.251. The Hall–Kier alpha value is -3.29. The quantitative estimate of drug-likeness (QED) is 0.402. The van der Waals surface area contributed by atoms with E-state index in [0.717, 1.165) is 67.6 Å². The summed E-state index contributed by atoms with van der Waals surface area (Å²) in [5.41, 5.74) is 3.56. The number of nitrogens with zero attached hydrogens (tertiary/aromatic N) is 2. The van der Waals surface area contributed by atoms with Crippen LogP contribution in [-0.4, -0.2) is 46.2 Å². The number of halogens is 2. The molecule has 4 aromatic rings. The van der Waals surface area contributed by atoms with Gasteiger partial charge in [-0.15, -0.1) is 0 Å². The zero-order valence-electron chi connectivity index (χ0n) is 19.6. The number of rotatable bonds is 8. The van der Waals surface area contributed by atoms with Crippen molar-refractivity contribution in [2.45, 2.75) is 31.3 Å². The number of H-pyrrole nitrogens is 1. The molecular weight excluding hydrogens is 446 g/mol. The van der Waals surface area contributed by atoms with Crippen LogP contribution in [0.15, 0.2) is 77.6 Å². The zero-order valence-corrected chi connectivity index (χ0v) is 19.6. The van der Waals surface area contributed by atoms with E-state index in [4.69, 9.17) is 0 Å². The van der Waals surface area contributed by atoms with Crippen molar-refractivity contribution in [1.82, 2.24) is 19.8 Å². The van der Waals surface area contributed by atoms with Crippen molar-refractivity contribution in [2.75, 3.05) is 26.2 Å². The van der Waals surface area contributed by atoms with Gasteiger partial charge in [0.05, 0.1) is 11.0 Å². The molecule has 1 aromatic heterocycles. The molecule has 0 bridgehead atoms. The molecule has 7 heteroatoms. The van der Waals surface area contributed by atoms with Crippen LogP contribution in [0, 0.1) is 11.6 Å². The van der Waals surface area contributed by atoms with Gasteiger partial charge in [-0.2, -0.15) is 0 Å². The number of piperazine rings is 1. The molecule has 0 atom stereocenters. The first-order chi connectivity index (χ1) is 17.0. The number of aromatic amines is 1. The van der Waals surface area contributed by atoms with Crippen molar-refractivity contribution in [2.24, 2.45) is 0 Å². The first-order valence-electron chi connectivity index (χ1n) is 12.1. The lowest BCUT2D eigenvalue weighted by atomic mass is 9.81. The number of benzene rings is 3. The summed E-state index contributed by atoms with van der Waals surface area (Å²) in [7, 11) is 0. The molecule has 182 valence electrons. The van der Waals surface area contributed by atoms with E-state index in [9.17, 15) is 13.6 Å². The molecule has 0 unspecified atom stereocenters. The second-order valence-corrected chi connectivity index (χ2v) is 9.45. The highest BCUT2D eigenvalue weighted by molar-refractivity contribution is 5.74. The van der Waals surface area contributed by atoms with Gasteiger partial charge < -0.3 is 10.3 Å². The Bertz CT molecular complexity index is 1280. The van der Waals surface area contributed by atoms with Crippen LogP contribution in [0.4, 0.5) is 8.78 Å². The Morgan fingerprint density at radius 1 is 0.829 bits per heavy atom. The highest BCUT2D eigenvalue weighted by Gasteiger charge is 2.38. The normalized spacial score (nSPS) is 16.1. The van der Waals surface area contributed by atoms with Gasteiger partial charge in [-0.25, -0.2) is 13.6 Å². The lowest BCUT2D eigenvalue weighted by Gasteiger charge is -2.48. The molecule has 0 spiro atoms. The molecule has 1 saturated heterocycles. The average molecular weight is 477 g/mol. The van der Waals surface area contributed by atoms with Gasteiger partial charge in [-0.05, 0) is 66.8 Å². The Balaban J connectivity index is 1.39. The van der Waals surface area contributed by atoms with Crippen LogP contribution in [0.25, 0.3) is 11.0 Å². The fraction of sp³-hybridized carbons (Fsp3) is 0.321. The summed E-state index contributed by atoms with van der Waals surface area (Å²) in [6, 6.07) is 21.2. The standard InChI is InChI=1S/C28H30F2N4O/c29-23-10-6-21(7-11-23)18-28(19-22-8-12-24(30)13-9-22)20-31-14-17-33(28)15-3-16-34-26-5-2-1-4-25(26)32-27(34)35/h1-2,4-13,31H,3,14-20H2,(H,32,35). The van der Waals surface area contributed by atoms with Gasteiger partial charge in [-0.3, -0.25) is 9.47 Å². The number of para-hydroxylation sites is 2. The minimum Gasteiger partial charge on any atom is -0.314 e. The van der Waals surface area contributed by atoms with Crippen LogP contribution < -0.4 is 11.0 Å². The molecule has 0 radical (unpaired) electrons. The first-order valence-corrected chi connectivity index (χ1v) is 12.1. The number of hydrogen-bond acceptors (Lipinski definition) is 3. The predicted molar refractivity (Wildman–Crippen MR) is 135 cm³/mol. The van der Waals surface area contributed by atoms with Gasteiger partial charge in [0, 0.05) is 38.3 Å². The monoisotopic (exact) mass is 476 g/mol. The van der Waals surface area contributed by atoms with Gasteiger partial charge in [0.25, 0.3) is 0 Å². The summed E-state index contributed by atoms with van der Waals surface area (Å²) in [4.78, 5) is 17.9. The molecule has 5 rings (SSSR count). The molecule has 1 fully saturated rings. The Kier molecular flexibility index (Phi) is 6.79. The SMILES string of the molecule is O=c1[nH]c2ccccc2n1CCCN1CCNCC1(Cc1ccc(F)cc1)Cc1ccc(F)cc1. The Labute approximate surface area is 203 Å². The summed E-state index contributed by atoms with van der Waals surface area (Å²) in [6.07, 6.45) is 2.30. The second-order valence-electron chi connectivity index (χ2n) is 9.45. The van der Waals surface area contributed by atoms with E-state index >= 15 is 0 Å². The Morgan fingerprint density at radius 3 is 2.11 bits per heavy atom. The van der Waals surface area contributed by atoms with Gasteiger partial charge in [0.1, 0.15) is 11.6 Å². The molecule has 0 amide bonds. The highest BCUT2D eigenvalue weighted by Crippen LogP contribution is 2.28. The number of aromatic nitrogens is 2. The summed E-state index contributed by atoms with van der Waals surface area (Å²) in [6.45, 7) is 3.95. The number of imidazole rings is 1. The molecule has 0 saturated carbocycles. The maximum atomic E-state index is 13.6. The van der Waals surface area contributed by atoms with Crippen LogP contribution in [-0.2, 0) is 19.4 Å². The van der Waals surface area contributed by atoms with Crippen molar-refractivity contribution < 1.29 is 8.78 Å². The molecule has 5 nitrogen and oxygen atoms in total. The number of fused-ring (bicyclic) bond motifs is 1. The van der Waals surface area contributed by atoms with E-state index in [-0.39, 0.29) is 22.9 Å². The average Bonchev–Trinajstić information content (AvgIpc) is 3.18. The topological polar surface area (TPSA) is 53.1 Å². The zero-order chi connectivity index (χ0) is 24.3. The smallest absolute Gasteiger partial charge is 0.314 e. The lowest BCUT2D eigenvalue weighted by molar-refractivity contribution is 0.0569. The van der Waals surface area contributed by atoms with Crippen molar-refractivity contribution in [3.8, 4) is 0 Å². The molecule has 35 heavy (non-hydrogen) atoms. The predicted octanol–water partition coefficient (Wildman–Crippen LogP) is 4.13. The number of nitrogens with one attached hydrogen (secondary N) is 2. The van der Waals surface area contributed by atoms with Crippen molar-refractivity contribution in [3.63, 3.8) is 0 Å². The van der Waals surface area contributed by atoms with Gasteiger partial charge in [-0.1, -0.05) is 36.4 Å². The third-order valence-corrected chi connectivity index (χ3v) is 7.07. The van der Waals surface area contributed by atoms with Crippen molar-refractivity contribution in [1.29, 1.82) is 0 Å². The second kappa shape index (κ2) is 10.1. The van der Waals surface area contributed by atoms with Crippen LogP contribution >= 0.6 is 0 Å². The van der Waals surface area contributed by atoms with Crippen LogP contribution in [0.2, 0.25) is 0 Å². The van der Waals surface area contributed by atoms with Gasteiger partial charge in [0.15, 0.2) is 0 Å². The van der Waals surface area contributed by atoms with Crippen LogP contribution in [0.1, 0.15) is 17.5 Å². The molecular formula is C28H30F2N4O. The van der Waals surface area contributed by atoms with E-state index in [0.29, 0.717) is 6.54 Å². The highest BCUT2D eigenvalue weighted by atomic mass is 19.1. The minimum absolute atomic E-state index is 0.0876. The van der Waals surface area contributed by atoms with Gasteiger partial charge in [0.2, 0.25) is 0 Å². The molecule has 1 aliphatic rings. The first kappa shape index (κ1) is 23.5. The summed E-state index contributed by atoms with van der Waals surface area (Å²) in [5, 5.41) is 3.56. The van der Waals surface area contributed by atoms with Crippen LogP contribution in [0.5, 0.6) is 0 Å². The fourth-order valence-corrected chi connectivity index (χ4v) is 5.36. The molecule has 2 N–H and O–H groups in total. The van der Waals surface area contributed by atoms with E-state index in [1.54, 1.807) is 4.57 Å². The van der Waals surface area contributed by atoms with Crippen molar-refractivity contribution in [3.05, 3.63) is 106 Å². The molecule has 1 aliphatic heterocycles. The molecule has 0 aliphatic carbocycles. The van der Waals surface area contributed by atoms with E-state index in [1.807, 2.05) is 48.5 Å². The van der Waals surface area contributed by atoms with Crippen LogP contribution in [0.3, 0.4) is 0 Å². The summed E-state index contributed by atoms with van der Waals surface area (Å²) < 4.78 is 29.0. The number of hydrogen-bond donors (Lipinski definition) is 2.